The molecule has 4 saturated carbocycles. The van der Waals surface area contributed by atoms with Gasteiger partial charge in [0.25, 0.3) is 0 Å². The molecule has 2 N–H and O–H groups in total. The lowest BCUT2D eigenvalue weighted by Crippen LogP contribution is -2.55. The molecule has 0 amide bonds. The molecule has 0 aliphatic heterocycles. The number of fused-ring (bicyclic) bond motifs is 5. The van der Waals surface area contributed by atoms with Gasteiger partial charge in [-0.3, -0.25) is 4.79 Å². The van der Waals surface area contributed by atoms with Gasteiger partial charge in [-0.25, -0.2) is 0 Å². The van der Waals surface area contributed by atoms with Crippen LogP contribution in [0, 0.1) is 34.5 Å². The molecular formula is C19H30O3. The van der Waals surface area contributed by atoms with Gasteiger partial charge in [-0.1, -0.05) is 13.8 Å². The summed E-state index contributed by atoms with van der Waals surface area (Å²) in [5.41, 5.74) is 0.210. The number of Topliss-reactive ketones (excluding diaryl/α,β-unsaturated/α-hetero) is 1. The van der Waals surface area contributed by atoms with Crippen LogP contribution in [0.4, 0.5) is 0 Å². The summed E-state index contributed by atoms with van der Waals surface area (Å²) >= 11 is 0. The molecular weight excluding hydrogens is 276 g/mol. The number of carbonyl (C=O) groups excluding carboxylic acids is 1. The Morgan fingerprint density at radius 2 is 1.73 bits per heavy atom. The SMILES string of the molecule is C[C@]12CCC(O)(O)CC1CC[C@@H]1[C@H]2CC[C@]2(C)C(=O)CC[C@@H]12. The van der Waals surface area contributed by atoms with E-state index in [2.05, 4.69) is 13.8 Å². The zero-order valence-electron chi connectivity index (χ0n) is 14.0. The first kappa shape index (κ1) is 15.1. The molecule has 3 heteroatoms. The molecule has 0 spiro atoms. The van der Waals surface area contributed by atoms with E-state index in [1.807, 2.05) is 0 Å². The van der Waals surface area contributed by atoms with Gasteiger partial charge < -0.3 is 10.2 Å². The number of rotatable bonds is 0. The smallest absolute Gasteiger partial charge is 0.162 e. The average Bonchev–Trinajstić information content (AvgIpc) is 2.76. The van der Waals surface area contributed by atoms with Gasteiger partial charge in [0.1, 0.15) is 5.78 Å². The molecule has 0 saturated heterocycles. The van der Waals surface area contributed by atoms with E-state index < -0.39 is 5.79 Å². The van der Waals surface area contributed by atoms with E-state index in [4.69, 9.17) is 0 Å². The van der Waals surface area contributed by atoms with Crippen molar-refractivity contribution in [3.05, 3.63) is 0 Å². The molecule has 1 unspecified atom stereocenters. The number of carbonyl (C=O) groups is 1. The van der Waals surface area contributed by atoms with Crippen molar-refractivity contribution in [3.63, 3.8) is 0 Å². The fourth-order valence-electron chi connectivity index (χ4n) is 7.00. The van der Waals surface area contributed by atoms with Crippen molar-refractivity contribution >= 4 is 5.78 Å². The van der Waals surface area contributed by atoms with Crippen molar-refractivity contribution in [1.82, 2.24) is 0 Å². The monoisotopic (exact) mass is 306 g/mol. The number of ketones is 1. The summed E-state index contributed by atoms with van der Waals surface area (Å²) in [6.07, 6.45) is 8.42. The molecule has 0 bridgehead atoms. The third-order valence-electron chi connectivity index (χ3n) is 8.41. The van der Waals surface area contributed by atoms with Crippen LogP contribution >= 0.6 is 0 Å². The van der Waals surface area contributed by atoms with Crippen LogP contribution in [0.5, 0.6) is 0 Å². The standard InChI is InChI=1S/C19H30O3/c1-17-9-10-19(21,22)11-12(17)3-4-13-14-5-6-16(20)18(14,2)8-7-15(13)17/h12-15,21-22H,3-11H2,1-2H3/t12?,13-,14-,15+,17-,18-/m0/s1. The minimum atomic E-state index is -1.44. The second-order valence-electron chi connectivity index (χ2n) is 9.26. The molecule has 3 nitrogen and oxygen atoms in total. The van der Waals surface area contributed by atoms with Gasteiger partial charge in [-0.2, -0.15) is 0 Å². The van der Waals surface area contributed by atoms with Crippen molar-refractivity contribution in [2.24, 2.45) is 34.5 Å². The normalized spacial score (nSPS) is 53.5. The van der Waals surface area contributed by atoms with Gasteiger partial charge in [0.15, 0.2) is 5.79 Å². The lowest BCUT2D eigenvalue weighted by atomic mass is 9.45. The van der Waals surface area contributed by atoms with Crippen LogP contribution < -0.4 is 0 Å². The Kier molecular flexibility index (Phi) is 3.14. The van der Waals surface area contributed by atoms with Crippen LogP contribution in [0.3, 0.4) is 0 Å². The summed E-state index contributed by atoms with van der Waals surface area (Å²) < 4.78 is 0. The molecule has 4 rings (SSSR count). The average molecular weight is 306 g/mol. The Morgan fingerprint density at radius 3 is 2.50 bits per heavy atom. The Hall–Kier alpha value is -0.410. The van der Waals surface area contributed by atoms with E-state index >= 15 is 0 Å². The summed E-state index contributed by atoms with van der Waals surface area (Å²) in [6.45, 7) is 4.63. The largest absolute Gasteiger partial charge is 0.366 e. The van der Waals surface area contributed by atoms with Gasteiger partial charge in [0, 0.05) is 24.7 Å². The van der Waals surface area contributed by atoms with E-state index in [0.29, 0.717) is 42.3 Å². The van der Waals surface area contributed by atoms with E-state index in [1.165, 1.54) is 12.8 Å². The van der Waals surface area contributed by atoms with E-state index in [0.717, 1.165) is 32.1 Å². The molecule has 124 valence electrons. The van der Waals surface area contributed by atoms with Gasteiger partial charge in [-0.15, -0.1) is 0 Å². The summed E-state index contributed by atoms with van der Waals surface area (Å²) in [7, 11) is 0. The van der Waals surface area contributed by atoms with Crippen LogP contribution in [0.25, 0.3) is 0 Å². The fraction of sp³-hybridized carbons (Fsp3) is 0.947. The Morgan fingerprint density at radius 1 is 0.955 bits per heavy atom. The van der Waals surface area contributed by atoms with Crippen molar-refractivity contribution in [3.8, 4) is 0 Å². The summed E-state index contributed by atoms with van der Waals surface area (Å²) in [5.74, 6) is 1.48. The van der Waals surface area contributed by atoms with Crippen LogP contribution in [0.15, 0.2) is 0 Å². The molecule has 0 aromatic heterocycles. The summed E-state index contributed by atoms with van der Waals surface area (Å²) in [4.78, 5) is 12.4. The molecule has 4 fully saturated rings. The predicted octanol–water partition coefficient (Wildman–Crippen LogP) is 3.28. The maximum absolute atomic E-state index is 12.4. The maximum atomic E-state index is 12.4. The highest BCUT2D eigenvalue weighted by atomic mass is 16.5. The third kappa shape index (κ3) is 1.91. The second kappa shape index (κ2) is 4.57. The lowest BCUT2D eigenvalue weighted by Gasteiger charge is -2.60. The maximum Gasteiger partial charge on any atom is 0.162 e. The van der Waals surface area contributed by atoms with Crippen LogP contribution in [-0.4, -0.2) is 21.8 Å². The number of hydrogen-bond donors (Lipinski definition) is 2. The molecule has 0 heterocycles. The first-order valence-electron chi connectivity index (χ1n) is 9.24. The van der Waals surface area contributed by atoms with Gasteiger partial charge in [0.2, 0.25) is 0 Å². The van der Waals surface area contributed by atoms with Gasteiger partial charge in [-0.05, 0) is 67.6 Å². The highest BCUT2D eigenvalue weighted by molar-refractivity contribution is 5.87. The molecule has 0 radical (unpaired) electrons. The van der Waals surface area contributed by atoms with Crippen molar-refractivity contribution in [2.45, 2.75) is 77.4 Å². The fourth-order valence-corrected chi connectivity index (χ4v) is 7.00. The molecule has 0 aromatic rings. The van der Waals surface area contributed by atoms with Crippen LogP contribution in [0.1, 0.15) is 71.6 Å². The zero-order valence-corrected chi connectivity index (χ0v) is 14.0. The van der Waals surface area contributed by atoms with E-state index in [1.54, 1.807) is 0 Å². The topological polar surface area (TPSA) is 57.5 Å². The minimum Gasteiger partial charge on any atom is -0.366 e. The predicted molar refractivity (Wildman–Crippen MR) is 83.9 cm³/mol. The molecule has 0 aromatic carbocycles. The molecule has 4 aliphatic rings. The van der Waals surface area contributed by atoms with Crippen molar-refractivity contribution < 1.29 is 15.0 Å². The van der Waals surface area contributed by atoms with Crippen molar-refractivity contribution in [2.75, 3.05) is 0 Å². The Labute approximate surface area is 133 Å². The Balaban J connectivity index is 1.63. The highest BCUT2D eigenvalue weighted by Gasteiger charge is 2.61. The van der Waals surface area contributed by atoms with E-state index in [-0.39, 0.29) is 10.8 Å². The molecule has 6 atom stereocenters. The number of aliphatic hydroxyl groups is 2. The van der Waals surface area contributed by atoms with Crippen molar-refractivity contribution in [1.29, 1.82) is 0 Å². The first-order valence-corrected chi connectivity index (χ1v) is 9.24. The highest BCUT2D eigenvalue weighted by Crippen LogP contribution is 2.65. The van der Waals surface area contributed by atoms with Gasteiger partial charge in [0.05, 0.1) is 0 Å². The number of hydrogen-bond acceptors (Lipinski definition) is 3. The molecule has 22 heavy (non-hydrogen) atoms. The van der Waals surface area contributed by atoms with Crippen LogP contribution in [0.2, 0.25) is 0 Å². The zero-order chi connectivity index (χ0) is 15.8. The first-order chi connectivity index (χ1) is 10.3. The Bertz CT molecular complexity index is 499. The molecule has 4 aliphatic carbocycles. The third-order valence-corrected chi connectivity index (χ3v) is 8.41. The minimum absolute atomic E-state index is 0.0449. The van der Waals surface area contributed by atoms with Gasteiger partial charge >= 0.3 is 0 Å². The summed E-state index contributed by atoms with van der Waals surface area (Å²) in [6, 6.07) is 0. The van der Waals surface area contributed by atoms with Crippen LogP contribution in [-0.2, 0) is 4.79 Å². The quantitative estimate of drug-likeness (QED) is 0.675. The lowest BCUT2D eigenvalue weighted by molar-refractivity contribution is -0.232. The van der Waals surface area contributed by atoms with E-state index in [9.17, 15) is 15.0 Å². The summed E-state index contributed by atoms with van der Waals surface area (Å²) in [5, 5.41) is 20.1. The second-order valence-corrected chi connectivity index (χ2v) is 9.26.